The molecule has 0 aliphatic rings. The van der Waals surface area contributed by atoms with Gasteiger partial charge < -0.3 is 9.52 Å². The van der Waals surface area contributed by atoms with E-state index < -0.39 is 5.63 Å². The molecular formula is C12H12O3. The zero-order valence-electron chi connectivity index (χ0n) is 8.65. The van der Waals surface area contributed by atoms with Gasteiger partial charge in [-0.3, -0.25) is 0 Å². The van der Waals surface area contributed by atoms with E-state index in [1.807, 2.05) is 12.1 Å². The number of hydrogen-bond acceptors (Lipinski definition) is 3. The van der Waals surface area contributed by atoms with Crippen LogP contribution < -0.4 is 5.63 Å². The summed E-state index contributed by atoms with van der Waals surface area (Å²) in [7, 11) is 0. The zero-order chi connectivity index (χ0) is 11.0. The highest BCUT2D eigenvalue weighted by Crippen LogP contribution is 2.25. The third-order valence-corrected chi connectivity index (χ3v) is 2.44. The van der Waals surface area contributed by atoms with Crippen molar-refractivity contribution in [2.75, 3.05) is 0 Å². The first-order valence-electron chi connectivity index (χ1n) is 4.84. The summed E-state index contributed by atoms with van der Waals surface area (Å²) in [6, 6.07) is 6.98. The second kappa shape index (κ2) is 3.42. The Kier molecular flexibility index (Phi) is 2.23. The highest BCUT2D eigenvalue weighted by atomic mass is 16.5. The molecule has 0 saturated carbocycles. The van der Waals surface area contributed by atoms with Crippen molar-refractivity contribution < 1.29 is 9.52 Å². The minimum absolute atomic E-state index is 0.312. The molecule has 3 heteroatoms. The van der Waals surface area contributed by atoms with Gasteiger partial charge in [0.1, 0.15) is 0 Å². The molecule has 1 aromatic carbocycles. The predicted octanol–water partition coefficient (Wildman–Crippen LogP) is 2.62. The Morgan fingerprint density at radius 1 is 1.27 bits per heavy atom. The van der Waals surface area contributed by atoms with E-state index in [2.05, 4.69) is 18.3 Å². The maximum atomic E-state index is 11.1. The van der Waals surface area contributed by atoms with E-state index in [0.29, 0.717) is 11.3 Å². The van der Waals surface area contributed by atoms with E-state index in [1.165, 1.54) is 6.07 Å². The molecule has 0 unspecified atom stereocenters. The quantitative estimate of drug-likeness (QED) is 0.776. The summed E-state index contributed by atoms with van der Waals surface area (Å²) in [4.78, 5) is 11.1. The molecule has 2 rings (SSSR count). The SMILES string of the molecule is CC(C)c1ccc2c(O)oc(=O)cc2c1. The number of benzene rings is 1. The first-order valence-corrected chi connectivity index (χ1v) is 4.84. The molecule has 2 aromatic rings. The van der Waals surface area contributed by atoms with Gasteiger partial charge in [-0.05, 0) is 22.9 Å². The standard InChI is InChI=1S/C12H12O3/c1-7(2)8-3-4-10-9(5-8)6-11(13)15-12(10)14/h3-7,14H,1-2H3. The van der Waals surface area contributed by atoms with E-state index in [9.17, 15) is 9.90 Å². The van der Waals surface area contributed by atoms with Crippen LogP contribution in [0.2, 0.25) is 0 Å². The highest BCUT2D eigenvalue weighted by Gasteiger charge is 2.06. The number of rotatable bonds is 1. The Labute approximate surface area is 87.0 Å². The van der Waals surface area contributed by atoms with Crippen LogP contribution in [0.4, 0.5) is 0 Å². The normalized spacial score (nSPS) is 11.1. The van der Waals surface area contributed by atoms with Gasteiger partial charge in [-0.25, -0.2) is 4.79 Å². The summed E-state index contributed by atoms with van der Waals surface area (Å²) in [5, 5.41) is 10.7. The molecular weight excluding hydrogens is 192 g/mol. The van der Waals surface area contributed by atoms with Crippen molar-refractivity contribution in [2.24, 2.45) is 0 Å². The molecule has 0 radical (unpaired) electrons. The first kappa shape index (κ1) is 9.77. The fourth-order valence-corrected chi connectivity index (χ4v) is 1.56. The lowest BCUT2D eigenvalue weighted by Crippen LogP contribution is -1.96. The first-order chi connectivity index (χ1) is 7.08. The minimum Gasteiger partial charge on any atom is -0.480 e. The Balaban J connectivity index is 2.76. The fraction of sp³-hybridized carbons (Fsp3) is 0.250. The van der Waals surface area contributed by atoms with Crippen LogP contribution in [0, 0.1) is 0 Å². The van der Waals surface area contributed by atoms with Gasteiger partial charge in [0.15, 0.2) is 0 Å². The van der Waals surface area contributed by atoms with Crippen LogP contribution in [0.15, 0.2) is 33.5 Å². The molecule has 0 atom stereocenters. The van der Waals surface area contributed by atoms with Crippen molar-refractivity contribution in [3.63, 3.8) is 0 Å². The van der Waals surface area contributed by atoms with Gasteiger partial charge in [0.05, 0.1) is 5.39 Å². The van der Waals surface area contributed by atoms with Crippen LogP contribution in [0.3, 0.4) is 0 Å². The summed E-state index contributed by atoms with van der Waals surface area (Å²) >= 11 is 0. The molecule has 3 nitrogen and oxygen atoms in total. The fourth-order valence-electron chi connectivity index (χ4n) is 1.56. The topological polar surface area (TPSA) is 50.4 Å². The average Bonchev–Trinajstić information content (AvgIpc) is 2.16. The third-order valence-electron chi connectivity index (χ3n) is 2.44. The van der Waals surface area contributed by atoms with Crippen LogP contribution in [0.1, 0.15) is 25.3 Å². The highest BCUT2D eigenvalue weighted by molar-refractivity contribution is 5.86. The summed E-state index contributed by atoms with van der Waals surface area (Å²) in [6.07, 6.45) is 0. The van der Waals surface area contributed by atoms with Crippen molar-refractivity contribution in [1.29, 1.82) is 0 Å². The van der Waals surface area contributed by atoms with Crippen LogP contribution >= 0.6 is 0 Å². The van der Waals surface area contributed by atoms with Crippen molar-refractivity contribution in [2.45, 2.75) is 19.8 Å². The summed E-state index contributed by atoms with van der Waals surface area (Å²) < 4.78 is 4.59. The van der Waals surface area contributed by atoms with Crippen LogP contribution in [0.5, 0.6) is 5.95 Å². The molecule has 0 aliphatic heterocycles. The van der Waals surface area contributed by atoms with Gasteiger partial charge in [-0.2, -0.15) is 0 Å². The largest absolute Gasteiger partial charge is 0.480 e. The second-order valence-electron chi connectivity index (χ2n) is 3.87. The Hall–Kier alpha value is -1.77. The number of hydrogen-bond donors (Lipinski definition) is 1. The number of fused-ring (bicyclic) bond motifs is 1. The summed E-state index contributed by atoms with van der Waals surface area (Å²) in [6.45, 7) is 4.15. The maximum absolute atomic E-state index is 11.1. The lowest BCUT2D eigenvalue weighted by molar-refractivity contribution is 0.317. The van der Waals surface area contributed by atoms with E-state index in [4.69, 9.17) is 0 Å². The summed E-state index contributed by atoms with van der Waals surface area (Å²) in [5.41, 5.74) is 0.605. The van der Waals surface area contributed by atoms with Gasteiger partial charge in [-0.15, -0.1) is 0 Å². The van der Waals surface area contributed by atoms with Crippen molar-refractivity contribution in [3.8, 4) is 5.95 Å². The van der Waals surface area contributed by atoms with Gasteiger partial charge in [0, 0.05) is 6.07 Å². The van der Waals surface area contributed by atoms with Gasteiger partial charge in [0.2, 0.25) is 0 Å². The van der Waals surface area contributed by atoms with Crippen LogP contribution in [-0.2, 0) is 0 Å². The molecule has 1 heterocycles. The molecule has 15 heavy (non-hydrogen) atoms. The van der Waals surface area contributed by atoms with Crippen molar-refractivity contribution in [3.05, 3.63) is 40.2 Å². The minimum atomic E-state index is -0.527. The van der Waals surface area contributed by atoms with Gasteiger partial charge >= 0.3 is 5.63 Å². The predicted molar refractivity (Wildman–Crippen MR) is 58.2 cm³/mol. The molecule has 1 aromatic heterocycles. The molecule has 0 spiro atoms. The molecule has 0 amide bonds. The van der Waals surface area contributed by atoms with E-state index in [0.717, 1.165) is 10.9 Å². The third kappa shape index (κ3) is 1.73. The Bertz CT molecular complexity index is 552. The molecule has 78 valence electrons. The van der Waals surface area contributed by atoms with Gasteiger partial charge in [-0.1, -0.05) is 26.0 Å². The molecule has 0 bridgehead atoms. The Morgan fingerprint density at radius 2 is 2.00 bits per heavy atom. The molecule has 0 aliphatic carbocycles. The maximum Gasteiger partial charge on any atom is 0.339 e. The lowest BCUT2D eigenvalue weighted by Gasteiger charge is -2.06. The van der Waals surface area contributed by atoms with E-state index in [1.54, 1.807) is 6.07 Å². The second-order valence-corrected chi connectivity index (χ2v) is 3.87. The zero-order valence-corrected chi connectivity index (χ0v) is 8.65. The smallest absolute Gasteiger partial charge is 0.339 e. The van der Waals surface area contributed by atoms with Crippen molar-refractivity contribution >= 4 is 10.8 Å². The lowest BCUT2D eigenvalue weighted by atomic mass is 10.0. The van der Waals surface area contributed by atoms with Crippen LogP contribution in [-0.4, -0.2) is 5.11 Å². The van der Waals surface area contributed by atoms with E-state index >= 15 is 0 Å². The average molecular weight is 204 g/mol. The van der Waals surface area contributed by atoms with Gasteiger partial charge in [0.25, 0.3) is 5.95 Å². The monoisotopic (exact) mass is 204 g/mol. The molecule has 1 N–H and O–H groups in total. The van der Waals surface area contributed by atoms with Crippen LogP contribution in [0.25, 0.3) is 10.8 Å². The van der Waals surface area contributed by atoms with E-state index in [-0.39, 0.29) is 5.95 Å². The number of aromatic hydroxyl groups is 1. The molecule has 0 saturated heterocycles. The Morgan fingerprint density at radius 3 is 2.67 bits per heavy atom. The summed E-state index contributed by atoms with van der Waals surface area (Å²) in [5.74, 6) is 0.0802. The molecule has 0 fully saturated rings. The van der Waals surface area contributed by atoms with Crippen molar-refractivity contribution in [1.82, 2.24) is 0 Å².